The zero-order valence-corrected chi connectivity index (χ0v) is 18.8. The molecule has 2 heterocycles. The molecule has 2 aromatic carbocycles. The van der Waals surface area contributed by atoms with Crippen molar-refractivity contribution in [2.75, 3.05) is 23.9 Å². The Balaban J connectivity index is 1.92. The van der Waals surface area contributed by atoms with Gasteiger partial charge in [0, 0.05) is 5.56 Å². The number of anilines is 3. The average Bonchev–Trinajstić information content (AvgIpc) is 2.87. The molecule has 0 bridgehead atoms. The maximum atomic E-state index is 12.1. The van der Waals surface area contributed by atoms with Gasteiger partial charge in [-0.2, -0.15) is 10.5 Å². The van der Waals surface area contributed by atoms with E-state index >= 15 is 0 Å². The maximum absolute atomic E-state index is 12.1. The molecule has 0 spiro atoms. The van der Waals surface area contributed by atoms with E-state index in [1.807, 2.05) is 36.4 Å². The highest BCUT2D eigenvalue weighted by molar-refractivity contribution is 5.98. The topological polar surface area (TPSA) is 211 Å². The van der Waals surface area contributed by atoms with Gasteiger partial charge in [0.2, 0.25) is 5.96 Å². The Hall–Kier alpha value is -5.56. The molecule has 36 heavy (non-hydrogen) atoms. The number of methoxy groups -OCH3 is 1. The number of hydrogen-bond donors (Lipinski definition) is 4. The van der Waals surface area contributed by atoms with E-state index in [4.69, 9.17) is 26.2 Å². The molecular formula is C23H19N9O4. The number of fused-ring (bicyclic) bond motifs is 1. The number of aliphatic imine (C=N–C) groups is 1. The quantitative estimate of drug-likeness (QED) is 0.172. The molecule has 0 aliphatic carbocycles. The van der Waals surface area contributed by atoms with E-state index in [9.17, 15) is 15.4 Å². The van der Waals surface area contributed by atoms with Gasteiger partial charge >= 0.3 is 0 Å². The summed E-state index contributed by atoms with van der Waals surface area (Å²) in [4.78, 5) is 20.0. The standard InChI is InChI=1S/C23H19N9O4/c1-35-16-8-15(32(33)34)13(7-17(16)36-10-12-5-3-2-4-6-12)20-18-19(26)14(9-24)21(27)30-22(18)31-23(29-20)28-11-25/h2-8,20H,10H2,1H3,(H6,26,27,28,29,30,31). The fourth-order valence-corrected chi connectivity index (χ4v) is 3.76. The minimum absolute atomic E-state index is 0.0390. The number of nitro benzene ring substituents is 1. The minimum Gasteiger partial charge on any atom is -0.493 e. The highest BCUT2D eigenvalue weighted by atomic mass is 16.6. The van der Waals surface area contributed by atoms with Gasteiger partial charge in [0.1, 0.15) is 35.9 Å². The Labute approximate surface area is 204 Å². The maximum Gasteiger partial charge on any atom is 0.279 e. The fraction of sp³-hybridized carbons (Fsp3) is 0.130. The number of hydrogen-bond acceptors (Lipinski definition) is 12. The Morgan fingerprint density at radius 1 is 1.22 bits per heavy atom. The second kappa shape index (κ2) is 9.74. The average molecular weight is 485 g/mol. The lowest BCUT2D eigenvalue weighted by atomic mass is 9.93. The number of nitro groups is 1. The van der Waals surface area contributed by atoms with Crippen LogP contribution in [-0.4, -0.2) is 23.0 Å². The van der Waals surface area contributed by atoms with Gasteiger partial charge in [0.05, 0.1) is 29.4 Å². The number of nitriles is 2. The fourth-order valence-electron chi connectivity index (χ4n) is 3.76. The summed E-state index contributed by atoms with van der Waals surface area (Å²) in [5.41, 5.74) is 12.8. The molecule has 13 heteroatoms. The number of aromatic nitrogens is 1. The summed E-state index contributed by atoms with van der Waals surface area (Å²) < 4.78 is 11.3. The minimum atomic E-state index is -1.14. The Bertz CT molecular complexity index is 1460. The zero-order chi connectivity index (χ0) is 25.8. The number of guanidine groups is 1. The first-order chi connectivity index (χ1) is 17.4. The van der Waals surface area contributed by atoms with Crippen LogP contribution in [0.15, 0.2) is 47.5 Å². The summed E-state index contributed by atoms with van der Waals surface area (Å²) in [7, 11) is 1.37. The molecule has 1 aliphatic heterocycles. The van der Waals surface area contributed by atoms with Crippen molar-refractivity contribution >= 4 is 29.0 Å². The summed E-state index contributed by atoms with van der Waals surface area (Å²) in [5, 5.41) is 35.8. The van der Waals surface area contributed by atoms with Crippen molar-refractivity contribution < 1.29 is 14.4 Å². The Morgan fingerprint density at radius 2 is 1.97 bits per heavy atom. The van der Waals surface area contributed by atoms with Crippen LogP contribution in [0.3, 0.4) is 0 Å². The number of nitrogens with zero attached hydrogens (tertiary/aromatic N) is 5. The molecule has 0 amide bonds. The van der Waals surface area contributed by atoms with Crippen LogP contribution in [0.4, 0.5) is 23.0 Å². The van der Waals surface area contributed by atoms with Crippen molar-refractivity contribution in [3.05, 3.63) is 74.8 Å². The van der Waals surface area contributed by atoms with Gasteiger partial charge in [-0.15, -0.1) is 0 Å². The van der Waals surface area contributed by atoms with Crippen LogP contribution in [0, 0.1) is 32.9 Å². The molecule has 1 unspecified atom stereocenters. The second-order valence-corrected chi connectivity index (χ2v) is 7.50. The normalized spacial score (nSPS) is 13.8. The number of nitrogens with two attached hydrogens (primary N) is 2. The van der Waals surface area contributed by atoms with Crippen LogP contribution in [-0.2, 0) is 6.61 Å². The predicted octanol–water partition coefficient (Wildman–Crippen LogP) is 2.56. The number of benzene rings is 2. The summed E-state index contributed by atoms with van der Waals surface area (Å²) in [6.45, 7) is 0.167. The molecule has 0 radical (unpaired) electrons. The molecule has 1 aromatic heterocycles. The van der Waals surface area contributed by atoms with Crippen molar-refractivity contribution in [3.63, 3.8) is 0 Å². The van der Waals surface area contributed by atoms with Gasteiger partial charge in [0.15, 0.2) is 17.7 Å². The monoisotopic (exact) mass is 485 g/mol. The number of pyridine rings is 1. The van der Waals surface area contributed by atoms with Crippen LogP contribution < -0.4 is 31.6 Å². The molecule has 0 saturated carbocycles. The lowest BCUT2D eigenvalue weighted by Crippen LogP contribution is -2.33. The van der Waals surface area contributed by atoms with Crippen LogP contribution in [0.1, 0.15) is 28.3 Å². The van der Waals surface area contributed by atoms with Gasteiger partial charge in [-0.1, -0.05) is 30.3 Å². The highest BCUT2D eigenvalue weighted by Gasteiger charge is 2.35. The van der Waals surface area contributed by atoms with Gasteiger partial charge in [-0.05, 0) is 11.6 Å². The number of ether oxygens (including phenoxy) is 2. The SMILES string of the molecule is COc1cc([N+](=O)[O-])c(C2N=C(NC#N)Nc3nc(N)c(C#N)c(N)c32)cc1OCc1ccccc1. The smallest absolute Gasteiger partial charge is 0.279 e. The third kappa shape index (κ3) is 4.32. The zero-order valence-electron chi connectivity index (χ0n) is 18.8. The largest absolute Gasteiger partial charge is 0.493 e. The van der Waals surface area contributed by atoms with Gasteiger partial charge in [-0.3, -0.25) is 15.4 Å². The molecule has 1 atom stereocenters. The molecule has 4 rings (SSSR count). The lowest BCUT2D eigenvalue weighted by Gasteiger charge is -2.26. The molecule has 1 aliphatic rings. The van der Waals surface area contributed by atoms with E-state index in [-0.39, 0.29) is 63.8 Å². The molecule has 3 aromatic rings. The first kappa shape index (κ1) is 23.6. The molecular weight excluding hydrogens is 466 g/mol. The molecule has 6 N–H and O–H groups in total. The van der Waals surface area contributed by atoms with Crippen molar-refractivity contribution in [2.45, 2.75) is 12.6 Å². The van der Waals surface area contributed by atoms with Crippen molar-refractivity contribution in [1.29, 1.82) is 10.5 Å². The molecule has 13 nitrogen and oxygen atoms in total. The van der Waals surface area contributed by atoms with Crippen molar-refractivity contribution in [1.82, 2.24) is 10.3 Å². The van der Waals surface area contributed by atoms with E-state index in [0.717, 1.165) is 5.56 Å². The van der Waals surface area contributed by atoms with Crippen LogP contribution in [0.25, 0.3) is 0 Å². The predicted molar refractivity (Wildman–Crippen MR) is 130 cm³/mol. The molecule has 0 saturated heterocycles. The summed E-state index contributed by atoms with van der Waals surface area (Å²) >= 11 is 0. The van der Waals surface area contributed by atoms with E-state index < -0.39 is 11.0 Å². The molecule has 0 fully saturated rings. The lowest BCUT2D eigenvalue weighted by molar-refractivity contribution is -0.385. The second-order valence-electron chi connectivity index (χ2n) is 7.50. The number of rotatable bonds is 6. The summed E-state index contributed by atoms with van der Waals surface area (Å²) in [6.07, 6.45) is 1.73. The van der Waals surface area contributed by atoms with E-state index in [1.54, 1.807) is 6.19 Å². The van der Waals surface area contributed by atoms with E-state index in [0.29, 0.717) is 0 Å². The Morgan fingerprint density at radius 3 is 2.61 bits per heavy atom. The van der Waals surface area contributed by atoms with Gasteiger partial charge in [-0.25, -0.2) is 9.98 Å². The van der Waals surface area contributed by atoms with E-state index in [1.165, 1.54) is 19.2 Å². The Kier molecular flexibility index (Phi) is 6.38. The molecule has 180 valence electrons. The van der Waals surface area contributed by atoms with Crippen LogP contribution in [0.5, 0.6) is 11.5 Å². The van der Waals surface area contributed by atoms with Crippen LogP contribution >= 0.6 is 0 Å². The van der Waals surface area contributed by atoms with Crippen molar-refractivity contribution in [3.8, 4) is 23.8 Å². The first-order valence-corrected chi connectivity index (χ1v) is 10.4. The van der Waals surface area contributed by atoms with Gasteiger partial charge in [0.25, 0.3) is 5.69 Å². The summed E-state index contributed by atoms with van der Waals surface area (Å²) in [6, 6.07) is 12.7. The van der Waals surface area contributed by atoms with Crippen molar-refractivity contribution in [2.24, 2.45) is 4.99 Å². The number of nitrogen functional groups attached to an aromatic ring is 2. The van der Waals surface area contributed by atoms with E-state index in [2.05, 4.69) is 20.6 Å². The summed E-state index contributed by atoms with van der Waals surface area (Å²) in [5.74, 6) is 0.265. The van der Waals surface area contributed by atoms with Crippen LogP contribution in [0.2, 0.25) is 0 Å². The first-order valence-electron chi connectivity index (χ1n) is 10.4. The van der Waals surface area contributed by atoms with Gasteiger partial charge < -0.3 is 26.3 Å². The third-order valence-electron chi connectivity index (χ3n) is 5.40. The highest BCUT2D eigenvalue weighted by Crippen LogP contribution is 2.46. The number of nitrogens with one attached hydrogen (secondary N) is 2. The third-order valence-corrected chi connectivity index (χ3v) is 5.40.